The Morgan fingerprint density at radius 3 is 1.83 bits per heavy atom. The van der Waals surface area contributed by atoms with E-state index in [2.05, 4.69) is 0 Å². The van der Waals surface area contributed by atoms with E-state index >= 15 is 0 Å². The second-order valence-corrected chi connectivity index (χ2v) is 18.4. The number of carbonyl (C=O) groups excluding carboxylic acids is 1. The average Bonchev–Trinajstić information content (AvgIpc) is 3.38. The van der Waals surface area contributed by atoms with Gasteiger partial charge in [-0.05, 0) is 62.7 Å². The fraction of sp³-hybridized carbons (Fsp3) is 0.510. The zero-order valence-electron chi connectivity index (χ0n) is 40.2. The van der Waals surface area contributed by atoms with Gasteiger partial charge in [0.15, 0.2) is 42.0 Å². The van der Waals surface area contributed by atoms with E-state index in [-0.39, 0.29) is 28.6 Å². The summed E-state index contributed by atoms with van der Waals surface area (Å²) in [5, 5.41) is 139. The summed E-state index contributed by atoms with van der Waals surface area (Å²) in [6, 6.07) is 11.3. The smallest absolute Gasteiger partial charge is 0.331 e. The predicted octanol–water partition coefficient (Wildman–Crippen LogP) is -2.06. The summed E-state index contributed by atoms with van der Waals surface area (Å²) in [6.45, 7) is 3.30. The van der Waals surface area contributed by atoms with E-state index in [4.69, 9.17) is 51.8 Å². The number of hydrogen-bond acceptors (Lipinski definition) is 26. The van der Waals surface area contributed by atoms with Crippen molar-refractivity contribution in [1.29, 1.82) is 0 Å². The van der Waals surface area contributed by atoms with Gasteiger partial charge in [-0.25, -0.2) is 4.79 Å². The molecule has 410 valence electrons. The lowest BCUT2D eigenvalue weighted by atomic mass is 9.97. The van der Waals surface area contributed by atoms with Gasteiger partial charge in [0.1, 0.15) is 95.4 Å². The van der Waals surface area contributed by atoms with E-state index in [1.807, 2.05) is 0 Å². The van der Waals surface area contributed by atoms with Gasteiger partial charge in [-0.1, -0.05) is 12.1 Å². The third-order valence-electron chi connectivity index (χ3n) is 13.1. The molecule has 0 amide bonds. The minimum absolute atomic E-state index is 0.0577. The molecule has 1 aromatic heterocycles. The van der Waals surface area contributed by atoms with Gasteiger partial charge in [-0.2, -0.15) is 0 Å². The topological polar surface area (TPSA) is 403 Å². The summed E-state index contributed by atoms with van der Waals surface area (Å²) in [4.78, 5) is 28.5. The SMILES string of the molecule is COc1cc(-c2oc3cc(O[C@@H]4O[C@@H](C)[C@H](O)[C@@H](O)[C@H]4O)cc(O)c3c(=O)c2O[C@@H]2O[C@H](CO[C@@H]3O[C@@H](C)[C@H](O)[C@@H](O)[C@H]3O)[C@H](OC(=O)/C=C\c3ccc(O)cc3)[C@H](O)[C@H]2O[C@@H]2O[C@@H](C)[C@H](O)[C@@H](O)[C@H]2O)ccc1O. The highest BCUT2D eigenvalue weighted by atomic mass is 16.8. The number of esters is 1. The third-order valence-corrected chi connectivity index (χ3v) is 13.1. The van der Waals surface area contributed by atoms with Crippen molar-refractivity contribution in [2.45, 2.75) is 144 Å². The molecule has 26 nitrogen and oxygen atoms in total. The molecule has 75 heavy (non-hydrogen) atoms. The second kappa shape index (κ2) is 22.8. The van der Waals surface area contributed by atoms with Crippen molar-refractivity contribution < 1.29 is 123 Å². The summed E-state index contributed by atoms with van der Waals surface area (Å²) in [5.41, 5.74) is -1.21. The Morgan fingerprint density at radius 2 is 1.20 bits per heavy atom. The average molecular weight is 1060 g/mol. The van der Waals surface area contributed by atoms with Crippen LogP contribution in [0.4, 0.5) is 0 Å². The minimum Gasteiger partial charge on any atom is -0.508 e. The summed E-state index contributed by atoms with van der Waals surface area (Å²) < 4.78 is 64.5. The molecule has 20 atom stereocenters. The molecule has 4 fully saturated rings. The summed E-state index contributed by atoms with van der Waals surface area (Å²) >= 11 is 0. The van der Waals surface area contributed by atoms with Gasteiger partial charge < -0.3 is 118 Å². The van der Waals surface area contributed by atoms with Crippen LogP contribution in [0.15, 0.2) is 69.9 Å². The van der Waals surface area contributed by atoms with Crippen LogP contribution in [0.25, 0.3) is 28.4 Å². The zero-order chi connectivity index (χ0) is 54.3. The number of aromatic hydroxyl groups is 3. The first-order valence-electron chi connectivity index (χ1n) is 23.5. The van der Waals surface area contributed by atoms with Gasteiger partial charge in [0, 0.05) is 23.8 Å². The van der Waals surface area contributed by atoms with E-state index in [1.54, 1.807) is 0 Å². The van der Waals surface area contributed by atoms with Gasteiger partial charge in [0.25, 0.3) is 0 Å². The van der Waals surface area contributed by atoms with Gasteiger partial charge in [0.05, 0.1) is 32.0 Å². The molecule has 0 saturated carbocycles. The number of aliphatic hydroxyl groups excluding tert-OH is 10. The van der Waals surface area contributed by atoms with E-state index in [1.165, 1.54) is 70.4 Å². The van der Waals surface area contributed by atoms with Crippen molar-refractivity contribution in [2.75, 3.05) is 13.7 Å². The van der Waals surface area contributed by atoms with Crippen LogP contribution in [0, 0.1) is 0 Å². The maximum Gasteiger partial charge on any atom is 0.331 e. The number of carbonyl (C=O) groups is 1. The molecule has 0 aliphatic carbocycles. The van der Waals surface area contributed by atoms with Crippen molar-refractivity contribution in [3.05, 3.63) is 76.5 Å². The molecule has 4 aliphatic rings. The Hall–Kier alpha value is -5.76. The number of phenols is 3. The predicted molar refractivity (Wildman–Crippen MR) is 249 cm³/mol. The maximum absolute atomic E-state index is 14.9. The molecule has 0 unspecified atom stereocenters. The number of hydrogen-bond donors (Lipinski definition) is 13. The second-order valence-electron chi connectivity index (χ2n) is 18.4. The van der Waals surface area contributed by atoms with E-state index in [0.29, 0.717) is 5.56 Å². The van der Waals surface area contributed by atoms with E-state index < -0.39 is 169 Å². The molecule has 0 bridgehead atoms. The zero-order valence-corrected chi connectivity index (χ0v) is 40.2. The van der Waals surface area contributed by atoms with Crippen LogP contribution in [0.1, 0.15) is 26.3 Å². The minimum atomic E-state index is -2.18. The van der Waals surface area contributed by atoms with E-state index in [0.717, 1.165) is 24.3 Å². The van der Waals surface area contributed by atoms with Crippen molar-refractivity contribution in [3.8, 4) is 45.8 Å². The third kappa shape index (κ3) is 11.5. The van der Waals surface area contributed by atoms with Crippen molar-refractivity contribution in [1.82, 2.24) is 0 Å². The molecule has 26 heteroatoms. The Kier molecular flexibility index (Phi) is 16.9. The molecule has 5 heterocycles. The lowest BCUT2D eigenvalue weighted by Gasteiger charge is -2.47. The molecular weight excluding hydrogens is 1000 g/mol. The highest BCUT2D eigenvalue weighted by Gasteiger charge is 2.54. The van der Waals surface area contributed by atoms with Gasteiger partial charge in [0.2, 0.25) is 23.8 Å². The Balaban J connectivity index is 1.23. The largest absolute Gasteiger partial charge is 0.508 e. The Labute approximate surface area is 424 Å². The highest BCUT2D eigenvalue weighted by Crippen LogP contribution is 2.42. The molecule has 8 rings (SSSR count). The molecule has 4 aromatic rings. The normalized spacial score (nSPS) is 36.3. The molecular formula is C49H58O26. The van der Waals surface area contributed by atoms with Gasteiger partial charge in [-0.3, -0.25) is 4.79 Å². The maximum atomic E-state index is 14.9. The van der Waals surface area contributed by atoms with Crippen molar-refractivity contribution >= 4 is 23.0 Å². The van der Waals surface area contributed by atoms with Crippen LogP contribution in [0.3, 0.4) is 0 Å². The number of aliphatic hydroxyl groups is 10. The lowest BCUT2D eigenvalue weighted by Crippen LogP contribution is -2.65. The Morgan fingerprint density at radius 1 is 0.613 bits per heavy atom. The van der Waals surface area contributed by atoms with Crippen LogP contribution in [0.5, 0.6) is 34.5 Å². The number of ether oxygens (including phenoxy) is 10. The monoisotopic (exact) mass is 1060 g/mol. The Bertz CT molecular complexity index is 2710. The lowest BCUT2D eigenvalue weighted by molar-refractivity contribution is -0.360. The first-order valence-corrected chi connectivity index (χ1v) is 23.5. The van der Waals surface area contributed by atoms with E-state index in [9.17, 15) is 76.0 Å². The number of rotatable bonds is 14. The molecule has 0 spiro atoms. The fourth-order valence-electron chi connectivity index (χ4n) is 8.76. The van der Waals surface area contributed by atoms with Crippen LogP contribution < -0.4 is 19.6 Å². The summed E-state index contributed by atoms with van der Waals surface area (Å²) in [5.74, 6) is -4.11. The summed E-state index contributed by atoms with van der Waals surface area (Å²) in [7, 11) is 1.22. The standard InChI is InChI=1S/C49H58O26/c1-17-31(54)35(58)38(61)46(67-17)66-16-28-43(73-29(53)12-7-20-5-9-22(50)10-6-20)41(64)45(75-48-40(63)37(60)33(56)19(3)69-48)49(72-28)74-44-34(57)30-25(52)14-23(70-47-39(62)36(59)32(55)18(2)68-47)15-27(30)71-42(44)21-8-11-24(51)26(13-21)65-4/h5-15,17-19,28,31-33,35-41,43,45-52,54-56,58-64H,16H2,1-4H3/b12-7-/t17-,18-,19-,28+,31-,32-,33-,35+,36+,37+,38+,39+,40+,41-,43-,45+,46+,47-,48-,49-/m0/s1. The molecule has 3 aromatic carbocycles. The quantitative estimate of drug-likeness (QED) is 0.0477. The highest BCUT2D eigenvalue weighted by molar-refractivity contribution is 5.89. The molecule has 0 radical (unpaired) electrons. The number of phenolic OH excluding ortho intramolecular Hbond substituents is 3. The van der Waals surface area contributed by atoms with Gasteiger partial charge >= 0.3 is 5.97 Å². The number of benzene rings is 3. The first-order chi connectivity index (χ1) is 35.6. The van der Waals surface area contributed by atoms with Crippen LogP contribution in [-0.2, 0) is 38.0 Å². The molecule has 13 N–H and O–H groups in total. The summed E-state index contributed by atoms with van der Waals surface area (Å²) in [6.07, 6.45) is -32.1. The van der Waals surface area contributed by atoms with Crippen LogP contribution in [-0.4, -0.2) is 209 Å². The number of fused-ring (bicyclic) bond motifs is 1. The van der Waals surface area contributed by atoms with Crippen molar-refractivity contribution in [2.24, 2.45) is 0 Å². The van der Waals surface area contributed by atoms with Crippen molar-refractivity contribution in [3.63, 3.8) is 0 Å². The fourth-order valence-corrected chi connectivity index (χ4v) is 8.76. The van der Waals surface area contributed by atoms with Crippen LogP contribution >= 0.6 is 0 Å². The molecule has 4 aliphatic heterocycles. The van der Waals surface area contributed by atoms with Crippen LogP contribution in [0.2, 0.25) is 0 Å². The van der Waals surface area contributed by atoms with Gasteiger partial charge in [-0.15, -0.1) is 0 Å². The number of methoxy groups -OCH3 is 1. The first kappa shape index (κ1) is 55.5. The molecule has 4 saturated heterocycles.